The Kier molecular flexibility index (Phi) is 4.97. The van der Waals surface area contributed by atoms with Crippen LogP contribution in [0.4, 0.5) is 27.8 Å². The van der Waals surface area contributed by atoms with Crippen LogP contribution in [0.3, 0.4) is 0 Å². The summed E-state index contributed by atoms with van der Waals surface area (Å²) < 4.78 is 95.1. The van der Waals surface area contributed by atoms with Crippen LogP contribution in [0.5, 0.6) is 0 Å². The molecule has 1 atom stereocenters. The van der Waals surface area contributed by atoms with Crippen molar-refractivity contribution in [2.75, 3.05) is 18.0 Å². The summed E-state index contributed by atoms with van der Waals surface area (Å²) in [7, 11) is -4.40. The Hall–Kier alpha value is -2.40. The highest BCUT2D eigenvalue weighted by atomic mass is 35.5. The fourth-order valence-electron chi connectivity index (χ4n) is 3.41. The quantitative estimate of drug-likeness (QED) is 0.503. The molecule has 0 aliphatic carbocycles. The fraction of sp³-hybridized carbons (Fsp3) is 0.316. The van der Waals surface area contributed by atoms with Crippen molar-refractivity contribution in [3.05, 3.63) is 53.1 Å². The molecule has 0 spiro atoms. The highest BCUT2D eigenvalue weighted by Gasteiger charge is 2.50. The zero-order valence-electron chi connectivity index (χ0n) is 15.9. The van der Waals surface area contributed by atoms with E-state index in [0.29, 0.717) is 11.0 Å². The number of rotatable bonds is 4. The normalized spacial score (nSPS) is 19.3. The second-order valence-corrected chi connectivity index (χ2v) is 9.50. The molecule has 1 fully saturated rings. The molecule has 31 heavy (non-hydrogen) atoms. The molecular formula is C19H15ClF5N3O2S. The molecule has 0 saturated carbocycles. The molecular weight excluding hydrogens is 465 g/mol. The van der Waals surface area contributed by atoms with E-state index in [1.807, 2.05) is 0 Å². The van der Waals surface area contributed by atoms with Gasteiger partial charge in [-0.3, -0.25) is 0 Å². The molecule has 0 N–H and O–H groups in total. The first-order chi connectivity index (χ1) is 14.3. The van der Waals surface area contributed by atoms with Gasteiger partial charge in [0.1, 0.15) is 0 Å². The molecule has 0 unspecified atom stereocenters. The third kappa shape index (κ3) is 3.63. The lowest BCUT2D eigenvalue weighted by Gasteiger charge is -2.15. The molecule has 2 heterocycles. The fourth-order valence-corrected chi connectivity index (χ4v) is 4.94. The molecule has 0 bridgehead atoms. The second kappa shape index (κ2) is 7.06. The van der Waals surface area contributed by atoms with Crippen LogP contribution in [0.25, 0.3) is 10.9 Å². The number of anilines is 1. The van der Waals surface area contributed by atoms with Gasteiger partial charge in [0, 0.05) is 12.5 Å². The second-order valence-electron chi connectivity index (χ2n) is 7.33. The highest BCUT2D eigenvalue weighted by Crippen LogP contribution is 2.39. The van der Waals surface area contributed by atoms with Crippen LogP contribution in [0, 0.1) is 0 Å². The smallest absolute Gasteiger partial charge is 0.297 e. The van der Waals surface area contributed by atoms with Gasteiger partial charge in [0.2, 0.25) is 0 Å². The summed E-state index contributed by atoms with van der Waals surface area (Å²) in [6.45, 7) is -1.01. The Labute approximate surface area is 179 Å². The first kappa shape index (κ1) is 21.8. The van der Waals surface area contributed by atoms with Crippen LogP contribution in [0.2, 0.25) is 5.02 Å². The predicted molar refractivity (Wildman–Crippen MR) is 105 cm³/mol. The molecule has 0 amide bonds. The lowest BCUT2D eigenvalue weighted by Crippen LogP contribution is -2.28. The van der Waals surface area contributed by atoms with E-state index in [-0.39, 0.29) is 32.2 Å². The first-order valence-corrected chi connectivity index (χ1v) is 10.8. The van der Waals surface area contributed by atoms with Gasteiger partial charge in [-0.2, -0.15) is 12.5 Å². The van der Waals surface area contributed by atoms with Gasteiger partial charge < -0.3 is 4.90 Å². The van der Waals surface area contributed by atoms with E-state index in [9.17, 15) is 30.4 Å². The van der Waals surface area contributed by atoms with Crippen molar-refractivity contribution in [1.29, 1.82) is 0 Å². The Bertz CT molecular complexity index is 1260. The zero-order chi connectivity index (χ0) is 22.8. The molecule has 4 rings (SSSR count). The number of aromatic nitrogens is 2. The number of hydrogen-bond acceptors (Lipinski definition) is 4. The van der Waals surface area contributed by atoms with E-state index >= 15 is 0 Å². The van der Waals surface area contributed by atoms with E-state index in [1.54, 1.807) is 0 Å². The Morgan fingerprint density at radius 2 is 1.81 bits per heavy atom. The number of benzene rings is 2. The minimum absolute atomic E-state index is 0.0157. The number of nitrogens with zero attached hydrogens (tertiary/aromatic N) is 3. The van der Waals surface area contributed by atoms with Gasteiger partial charge >= 0.3 is 0 Å². The Balaban J connectivity index is 1.86. The minimum atomic E-state index is -4.40. The third-order valence-electron chi connectivity index (χ3n) is 5.03. The van der Waals surface area contributed by atoms with Gasteiger partial charge in [0.05, 0.1) is 33.9 Å². The summed E-state index contributed by atoms with van der Waals surface area (Å²) in [5.41, 5.74) is -0.396. The summed E-state index contributed by atoms with van der Waals surface area (Å²) >= 11 is 6.19. The zero-order valence-corrected chi connectivity index (χ0v) is 17.4. The summed E-state index contributed by atoms with van der Waals surface area (Å²) in [5.74, 6) is -7.00. The van der Waals surface area contributed by atoms with Crippen LogP contribution in [0.1, 0.15) is 12.5 Å². The largest absolute Gasteiger partial charge is 0.345 e. The molecule has 1 saturated heterocycles. The molecule has 1 aliphatic heterocycles. The number of fused-ring (bicyclic) bond motifs is 1. The lowest BCUT2D eigenvalue weighted by molar-refractivity contribution is -0.0349. The molecule has 12 heteroatoms. The third-order valence-corrected chi connectivity index (χ3v) is 6.95. The average Bonchev–Trinajstić information content (AvgIpc) is 3.20. The molecule has 3 aromatic rings. The highest BCUT2D eigenvalue weighted by molar-refractivity contribution is 7.90. The average molecular weight is 480 g/mol. The number of halogens is 6. The molecule has 166 valence electrons. The predicted octanol–water partition coefficient (Wildman–Crippen LogP) is 4.83. The van der Waals surface area contributed by atoms with Gasteiger partial charge in [-0.1, -0.05) is 29.8 Å². The van der Waals surface area contributed by atoms with Crippen molar-refractivity contribution >= 4 is 38.3 Å². The van der Waals surface area contributed by atoms with Crippen LogP contribution in [-0.4, -0.2) is 42.8 Å². The van der Waals surface area contributed by atoms with Crippen LogP contribution in [0.15, 0.2) is 47.4 Å². The van der Waals surface area contributed by atoms with Gasteiger partial charge in [-0.25, -0.2) is 22.0 Å². The van der Waals surface area contributed by atoms with E-state index in [1.165, 1.54) is 18.2 Å². The van der Waals surface area contributed by atoms with Gasteiger partial charge in [-0.15, -0.1) is 5.10 Å². The van der Waals surface area contributed by atoms with Crippen LogP contribution in [-0.2, 0) is 15.9 Å². The summed E-state index contributed by atoms with van der Waals surface area (Å²) in [6.07, 6.45) is -2.45. The van der Waals surface area contributed by atoms with E-state index < -0.39 is 41.1 Å². The Morgan fingerprint density at radius 3 is 2.35 bits per heavy atom. The van der Waals surface area contributed by atoms with Crippen LogP contribution < -0.4 is 4.90 Å². The SMILES string of the molecule is CC(F)(F)c1ccc(S(=O)(=O)n2nc(N3C[C@H](F)C(F)(F)C3)c3c(Cl)cccc32)cc1. The summed E-state index contributed by atoms with van der Waals surface area (Å²) in [6, 6.07) is 8.18. The number of alkyl halides is 5. The van der Waals surface area contributed by atoms with Crippen molar-refractivity contribution in [2.45, 2.75) is 29.8 Å². The molecule has 2 aromatic carbocycles. The minimum Gasteiger partial charge on any atom is -0.345 e. The van der Waals surface area contributed by atoms with Gasteiger partial charge in [0.15, 0.2) is 12.0 Å². The first-order valence-electron chi connectivity index (χ1n) is 9.00. The van der Waals surface area contributed by atoms with Crippen molar-refractivity contribution in [3.8, 4) is 0 Å². The van der Waals surface area contributed by atoms with E-state index in [2.05, 4.69) is 5.10 Å². The van der Waals surface area contributed by atoms with Crippen molar-refractivity contribution in [3.63, 3.8) is 0 Å². The van der Waals surface area contributed by atoms with Gasteiger partial charge in [0.25, 0.3) is 21.9 Å². The summed E-state index contributed by atoms with van der Waals surface area (Å²) in [5, 5.41) is 4.08. The maximum atomic E-state index is 13.8. The standard InChI is InChI=1S/C19H15ClF5N3O2S/c1-18(22,23)11-5-7-12(8-6-11)31(29,30)28-14-4-2-3-13(20)16(14)17(26-28)27-9-15(21)19(24,25)10-27/h2-8,15H,9-10H2,1H3/t15-/m0/s1. The van der Waals surface area contributed by atoms with Crippen molar-refractivity contribution in [2.24, 2.45) is 0 Å². The number of hydrogen-bond donors (Lipinski definition) is 0. The maximum absolute atomic E-state index is 13.8. The maximum Gasteiger partial charge on any atom is 0.297 e. The van der Waals surface area contributed by atoms with E-state index in [4.69, 9.17) is 11.6 Å². The van der Waals surface area contributed by atoms with Crippen LogP contribution >= 0.6 is 11.6 Å². The van der Waals surface area contributed by atoms with Crippen molar-refractivity contribution in [1.82, 2.24) is 9.19 Å². The monoisotopic (exact) mass is 479 g/mol. The Morgan fingerprint density at radius 1 is 1.16 bits per heavy atom. The molecule has 1 aromatic heterocycles. The molecule has 1 aliphatic rings. The molecule has 0 radical (unpaired) electrons. The summed E-state index contributed by atoms with van der Waals surface area (Å²) in [4.78, 5) is 0.595. The van der Waals surface area contributed by atoms with Gasteiger partial charge in [-0.05, 0) is 24.3 Å². The molecule has 5 nitrogen and oxygen atoms in total. The van der Waals surface area contributed by atoms with E-state index in [0.717, 1.165) is 29.2 Å². The lowest BCUT2D eigenvalue weighted by atomic mass is 10.1. The van der Waals surface area contributed by atoms with Crippen molar-refractivity contribution < 1.29 is 30.4 Å². The topological polar surface area (TPSA) is 55.2 Å².